The second kappa shape index (κ2) is 9.17. The Morgan fingerprint density at radius 3 is 2.00 bits per heavy atom. The van der Waals surface area contributed by atoms with Crippen LogP contribution in [-0.4, -0.2) is 17.9 Å². The number of aryl methyl sites for hydroxylation is 1. The molecule has 3 aromatic carbocycles. The Balaban J connectivity index is 1.75. The summed E-state index contributed by atoms with van der Waals surface area (Å²) in [7, 11) is 0. The molecule has 0 spiro atoms. The Labute approximate surface area is 170 Å². The number of nitrogens with two attached hydrogens (primary N) is 1. The third-order valence-electron chi connectivity index (χ3n) is 4.79. The molecule has 0 aliphatic carbocycles. The lowest BCUT2D eigenvalue weighted by Gasteiger charge is -2.24. The van der Waals surface area contributed by atoms with E-state index in [1.54, 1.807) is 24.3 Å². The van der Waals surface area contributed by atoms with Crippen molar-refractivity contribution >= 4 is 17.5 Å². The van der Waals surface area contributed by atoms with Crippen LogP contribution in [0, 0.1) is 6.92 Å². The minimum absolute atomic E-state index is 0.116. The van der Waals surface area contributed by atoms with E-state index in [9.17, 15) is 9.59 Å². The van der Waals surface area contributed by atoms with E-state index in [0.717, 1.165) is 11.1 Å². The van der Waals surface area contributed by atoms with E-state index in [4.69, 9.17) is 5.73 Å². The molecule has 0 heterocycles. The van der Waals surface area contributed by atoms with Crippen LogP contribution in [0.15, 0.2) is 78.9 Å². The van der Waals surface area contributed by atoms with Gasteiger partial charge in [0.25, 0.3) is 0 Å². The van der Waals surface area contributed by atoms with Gasteiger partial charge in [-0.15, -0.1) is 0 Å². The van der Waals surface area contributed by atoms with Crippen molar-refractivity contribution in [2.24, 2.45) is 5.73 Å². The predicted molar refractivity (Wildman–Crippen MR) is 116 cm³/mol. The summed E-state index contributed by atoms with van der Waals surface area (Å²) in [6.07, 6.45) is 0. The van der Waals surface area contributed by atoms with Crippen LogP contribution in [0.2, 0.25) is 0 Å². The highest BCUT2D eigenvalue weighted by Gasteiger charge is 2.21. The van der Waals surface area contributed by atoms with Crippen LogP contribution in [-0.2, 0) is 4.79 Å². The van der Waals surface area contributed by atoms with Gasteiger partial charge in [0.2, 0.25) is 11.8 Å². The summed E-state index contributed by atoms with van der Waals surface area (Å²) in [6.45, 7) is 3.88. The zero-order chi connectivity index (χ0) is 20.8. The lowest BCUT2D eigenvalue weighted by atomic mass is 9.97. The number of hydrogen-bond donors (Lipinski definition) is 3. The average Bonchev–Trinajstić information content (AvgIpc) is 2.73. The number of hydrogen-bond acceptors (Lipinski definition) is 3. The van der Waals surface area contributed by atoms with Crippen LogP contribution in [0.25, 0.3) is 0 Å². The van der Waals surface area contributed by atoms with Crippen molar-refractivity contribution < 1.29 is 9.59 Å². The number of benzene rings is 3. The van der Waals surface area contributed by atoms with E-state index in [-0.39, 0.29) is 11.9 Å². The molecule has 0 bridgehead atoms. The van der Waals surface area contributed by atoms with Crippen LogP contribution in [0.5, 0.6) is 0 Å². The Bertz CT molecular complexity index is 967. The summed E-state index contributed by atoms with van der Waals surface area (Å²) in [5.41, 5.74) is 9.62. The topological polar surface area (TPSA) is 84.2 Å². The van der Waals surface area contributed by atoms with E-state index in [1.807, 2.05) is 44.2 Å². The second-order valence-corrected chi connectivity index (χ2v) is 7.07. The fourth-order valence-corrected chi connectivity index (χ4v) is 3.08. The third kappa shape index (κ3) is 5.30. The van der Waals surface area contributed by atoms with E-state index in [1.165, 1.54) is 5.56 Å². The van der Waals surface area contributed by atoms with Crippen LogP contribution in [0.4, 0.5) is 5.69 Å². The van der Waals surface area contributed by atoms with E-state index in [2.05, 4.69) is 34.9 Å². The molecule has 0 saturated carbocycles. The highest BCUT2D eigenvalue weighted by molar-refractivity contribution is 5.96. The van der Waals surface area contributed by atoms with Gasteiger partial charge in [-0.1, -0.05) is 60.2 Å². The number of carbonyl (C=O) groups excluding carboxylic acids is 2. The molecular formula is C24H25N3O2. The second-order valence-electron chi connectivity index (χ2n) is 7.07. The van der Waals surface area contributed by atoms with E-state index >= 15 is 0 Å². The number of amides is 2. The van der Waals surface area contributed by atoms with Gasteiger partial charge in [0, 0.05) is 11.3 Å². The Morgan fingerprint density at radius 2 is 1.41 bits per heavy atom. The first kappa shape index (κ1) is 20.3. The molecule has 4 N–H and O–H groups in total. The fourth-order valence-electron chi connectivity index (χ4n) is 3.08. The molecule has 148 valence electrons. The van der Waals surface area contributed by atoms with Crippen molar-refractivity contribution in [1.29, 1.82) is 0 Å². The molecule has 5 nitrogen and oxygen atoms in total. The van der Waals surface area contributed by atoms with Crippen LogP contribution < -0.4 is 16.4 Å². The minimum Gasteiger partial charge on any atom is -0.366 e. The van der Waals surface area contributed by atoms with Gasteiger partial charge in [-0.25, -0.2) is 0 Å². The summed E-state index contributed by atoms with van der Waals surface area (Å²) in [5.74, 6) is -0.661. The summed E-state index contributed by atoms with van der Waals surface area (Å²) >= 11 is 0. The molecule has 0 unspecified atom stereocenters. The van der Waals surface area contributed by atoms with E-state index < -0.39 is 11.9 Å². The lowest BCUT2D eigenvalue weighted by Crippen LogP contribution is -2.40. The first-order valence-electron chi connectivity index (χ1n) is 9.52. The van der Waals surface area contributed by atoms with Gasteiger partial charge < -0.3 is 11.1 Å². The largest absolute Gasteiger partial charge is 0.366 e. The van der Waals surface area contributed by atoms with Gasteiger partial charge in [-0.05, 0) is 49.2 Å². The Kier molecular flexibility index (Phi) is 6.42. The van der Waals surface area contributed by atoms with Crippen molar-refractivity contribution in [3.8, 4) is 0 Å². The molecule has 2 amide bonds. The molecule has 5 heteroatoms. The van der Waals surface area contributed by atoms with Crippen LogP contribution in [0.3, 0.4) is 0 Å². The number of carbonyl (C=O) groups is 2. The van der Waals surface area contributed by atoms with Crippen LogP contribution in [0.1, 0.15) is 40.0 Å². The highest BCUT2D eigenvalue weighted by atomic mass is 16.2. The Hall–Kier alpha value is -3.44. The third-order valence-corrected chi connectivity index (χ3v) is 4.79. The summed E-state index contributed by atoms with van der Waals surface area (Å²) in [6, 6.07) is 24.3. The van der Waals surface area contributed by atoms with Crippen molar-refractivity contribution in [3.63, 3.8) is 0 Å². The van der Waals surface area contributed by atoms with Gasteiger partial charge in [0.1, 0.15) is 0 Å². The molecule has 0 aliphatic heterocycles. The predicted octanol–water partition coefficient (Wildman–Crippen LogP) is 3.80. The molecular weight excluding hydrogens is 362 g/mol. The molecule has 3 rings (SSSR count). The zero-order valence-electron chi connectivity index (χ0n) is 16.6. The van der Waals surface area contributed by atoms with Gasteiger partial charge in [-0.3, -0.25) is 14.9 Å². The van der Waals surface area contributed by atoms with Gasteiger partial charge >= 0.3 is 0 Å². The summed E-state index contributed by atoms with van der Waals surface area (Å²) < 4.78 is 0. The molecule has 0 fully saturated rings. The molecule has 0 aliphatic rings. The maximum absolute atomic E-state index is 12.7. The fraction of sp³-hybridized carbons (Fsp3) is 0.167. The number of rotatable bonds is 7. The maximum Gasteiger partial charge on any atom is 0.248 e. The van der Waals surface area contributed by atoms with Crippen LogP contribution >= 0.6 is 0 Å². The summed E-state index contributed by atoms with van der Waals surface area (Å²) in [5, 5.41) is 6.30. The van der Waals surface area contributed by atoms with Crippen molar-refractivity contribution in [3.05, 3.63) is 101 Å². The smallest absolute Gasteiger partial charge is 0.248 e. The minimum atomic E-state index is -0.498. The van der Waals surface area contributed by atoms with Gasteiger partial charge in [0.15, 0.2) is 0 Å². The number of anilines is 1. The average molecular weight is 387 g/mol. The quantitative estimate of drug-likeness (QED) is 0.576. The SMILES string of the molecule is Cc1ccc([C@H](N[C@H](C)C(=O)Nc2ccc(C(N)=O)cc2)c2ccccc2)cc1. The maximum atomic E-state index is 12.7. The number of nitrogens with one attached hydrogen (secondary N) is 2. The highest BCUT2D eigenvalue weighted by Crippen LogP contribution is 2.23. The summed E-state index contributed by atoms with van der Waals surface area (Å²) in [4.78, 5) is 23.9. The van der Waals surface area contributed by atoms with Crippen molar-refractivity contribution in [2.45, 2.75) is 25.9 Å². The standard InChI is InChI=1S/C24H25N3O2/c1-16-8-10-19(11-9-16)22(18-6-4-3-5-7-18)26-17(2)24(29)27-21-14-12-20(13-15-21)23(25)28/h3-15,17,22,26H,1-2H3,(H2,25,28)(H,27,29)/t17-,22-/m1/s1. The number of primary amides is 1. The van der Waals surface area contributed by atoms with Crippen molar-refractivity contribution in [2.75, 3.05) is 5.32 Å². The normalized spacial score (nSPS) is 12.8. The first-order chi connectivity index (χ1) is 13.9. The molecule has 2 atom stereocenters. The van der Waals surface area contributed by atoms with Gasteiger partial charge in [-0.2, -0.15) is 0 Å². The molecule has 29 heavy (non-hydrogen) atoms. The molecule has 0 aromatic heterocycles. The molecule has 0 radical (unpaired) electrons. The van der Waals surface area contributed by atoms with Gasteiger partial charge in [0.05, 0.1) is 12.1 Å². The first-order valence-corrected chi connectivity index (χ1v) is 9.52. The van der Waals surface area contributed by atoms with E-state index in [0.29, 0.717) is 11.3 Å². The molecule has 3 aromatic rings. The van der Waals surface area contributed by atoms with Crippen molar-refractivity contribution in [1.82, 2.24) is 5.32 Å². The monoisotopic (exact) mass is 387 g/mol. The Morgan fingerprint density at radius 1 is 0.828 bits per heavy atom. The lowest BCUT2D eigenvalue weighted by molar-refractivity contribution is -0.117. The molecule has 0 saturated heterocycles. The zero-order valence-corrected chi connectivity index (χ0v) is 16.6.